The van der Waals surface area contributed by atoms with Crippen LogP contribution in [0.3, 0.4) is 0 Å². The van der Waals surface area contributed by atoms with Gasteiger partial charge in [-0.2, -0.15) is 0 Å². The molecule has 0 spiro atoms. The van der Waals surface area contributed by atoms with Gasteiger partial charge in [-0.1, -0.05) is 36.4 Å². The van der Waals surface area contributed by atoms with Gasteiger partial charge in [-0.15, -0.1) is 0 Å². The molecule has 3 heteroatoms. The molecule has 0 unspecified atom stereocenters. The molecule has 0 saturated carbocycles. The Kier molecular flexibility index (Phi) is 3.88. The third-order valence-corrected chi connectivity index (χ3v) is 1.95. The van der Waals surface area contributed by atoms with Crippen LogP contribution in [-0.4, -0.2) is 11.1 Å². The highest BCUT2D eigenvalue weighted by Crippen LogP contribution is 2.12. The maximum Gasteiger partial charge on any atom is 0.247 e. The molecule has 1 rings (SSSR count). The molecule has 0 heterocycles. The second-order valence-electron chi connectivity index (χ2n) is 2.99. The van der Waals surface area contributed by atoms with Crippen LogP contribution in [-0.2, 0) is 4.79 Å². The second kappa shape index (κ2) is 5.19. The number of amides is 1. The number of hydrogen-bond donors (Lipinski definition) is 2. The van der Waals surface area contributed by atoms with E-state index in [1.54, 1.807) is 11.6 Å². The van der Waals surface area contributed by atoms with E-state index in [0.717, 1.165) is 11.1 Å². The highest BCUT2D eigenvalue weighted by molar-refractivity contribution is 5.78. The number of rotatable bonds is 3. The van der Waals surface area contributed by atoms with E-state index in [2.05, 4.69) is 0 Å². The van der Waals surface area contributed by atoms with Crippen molar-refractivity contribution in [3.63, 3.8) is 0 Å². The second-order valence-corrected chi connectivity index (χ2v) is 2.99. The number of carbonyl (C=O) groups excluding carboxylic acids is 1. The van der Waals surface area contributed by atoms with Crippen LogP contribution in [0.25, 0.3) is 5.57 Å². The minimum atomic E-state index is -0.403. The van der Waals surface area contributed by atoms with Gasteiger partial charge >= 0.3 is 0 Å². The maximum absolute atomic E-state index is 10.7. The Hall–Kier alpha value is -1.61. The highest BCUT2D eigenvalue weighted by Gasteiger charge is 1.97. The number of benzene rings is 1. The van der Waals surface area contributed by atoms with Crippen molar-refractivity contribution in [3.05, 3.63) is 42.0 Å². The first-order valence-corrected chi connectivity index (χ1v) is 4.39. The fraction of sp³-hybridized carbons (Fsp3) is 0.182. The standard InChI is InChI=1S/C11H13NO2/c1-9(7-8-11(13)12-14)10-5-3-2-4-6-10/h2-7,14H,8H2,1H3,(H,12,13)/b9-7+. The molecule has 1 aromatic rings. The summed E-state index contributed by atoms with van der Waals surface area (Å²) in [6.45, 7) is 1.93. The Morgan fingerprint density at radius 2 is 2.07 bits per heavy atom. The Morgan fingerprint density at radius 1 is 1.43 bits per heavy atom. The predicted octanol–water partition coefficient (Wildman–Crippen LogP) is 1.99. The molecule has 3 nitrogen and oxygen atoms in total. The number of allylic oxidation sites excluding steroid dienone is 1. The van der Waals surface area contributed by atoms with Crippen LogP contribution in [0, 0.1) is 0 Å². The molecule has 0 aromatic heterocycles. The molecule has 2 N–H and O–H groups in total. The number of nitrogens with one attached hydrogen (secondary N) is 1. The lowest BCUT2D eigenvalue weighted by Gasteiger charge is -2.00. The quantitative estimate of drug-likeness (QED) is 0.567. The summed E-state index contributed by atoms with van der Waals surface area (Å²) in [6, 6.07) is 9.78. The van der Waals surface area contributed by atoms with E-state index in [1.165, 1.54) is 0 Å². The van der Waals surface area contributed by atoms with Crippen molar-refractivity contribution in [2.24, 2.45) is 0 Å². The molecule has 0 aliphatic heterocycles. The average Bonchev–Trinajstić information content (AvgIpc) is 2.26. The van der Waals surface area contributed by atoms with E-state index in [0.29, 0.717) is 0 Å². The minimum Gasteiger partial charge on any atom is -0.289 e. The first-order valence-electron chi connectivity index (χ1n) is 4.39. The van der Waals surface area contributed by atoms with Crippen LogP contribution >= 0.6 is 0 Å². The zero-order valence-corrected chi connectivity index (χ0v) is 8.03. The Labute approximate surface area is 83.0 Å². The molecular weight excluding hydrogens is 178 g/mol. The summed E-state index contributed by atoms with van der Waals surface area (Å²) in [6.07, 6.45) is 1.97. The molecule has 1 aromatic carbocycles. The molecule has 0 saturated heterocycles. The molecule has 0 aliphatic carbocycles. The fourth-order valence-corrected chi connectivity index (χ4v) is 1.11. The van der Waals surface area contributed by atoms with Crippen LogP contribution in [0.2, 0.25) is 0 Å². The topological polar surface area (TPSA) is 49.3 Å². The monoisotopic (exact) mass is 191 g/mol. The fourth-order valence-electron chi connectivity index (χ4n) is 1.11. The van der Waals surface area contributed by atoms with E-state index in [-0.39, 0.29) is 6.42 Å². The summed E-state index contributed by atoms with van der Waals surface area (Å²) >= 11 is 0. The van der Waals surface area contributed by atoms with Gasteiger partial charge in [0.25, 0.3) is 0 Å². The van der Waals surface area contributed by atoms with Crippen molar-refractivity contribution in [2.45, 2.75) is 13.3 Å². The zero-order valence-electron chi connectivity index (χ0n) is 8.03. The molecule has 0 bridgehead atoms. The van der Waals surface area contributed by atoms with Gasteiger partial charge in [0.05, 0.1) is 0 Å². The number of hydroxylamine groups is 1. The zero-order chi connectivity index (χ0) is 10.4. The van der Waals surface area contributed by atoms with Crippen LogP contribution in [0.15, 0.2) is 36.4 Å². The summed E-state index contributed by atoms with van der Waals surface area (Å²) < 4.78 is 0. The van der Waals surface area contributed by atoms with E-state index in [4.69, 9.17) is 5.21 Å². The van der Waals surface area contributed by atoms with Crippen molar-refractivity contribution in [2.75, 3.05) is 0 Å². The SMILES string of the molecule is C/C(=C\CC(=O)NO)c1ccccc1. The van der Waals surface area contributed by atoms with E-state index >= 15 is 0 Å². The normalized spacial score (nSPS) is 11.1. The van der Waals surface area contributed by atoms with Gasteiger partial charge in [-0.3, -0.25) is 10.0 Å². The number of hydrogen-bond acceptors (Lipinski definition) is 2. The highest BCUT2D eigenvalue weighted by atomic mass is 16.5. The van der Waals surface area contributed by atoms with Crippen molar-refractivity contribution in [1.29, 1.82) is 0 Å². The van der Waals surface area contributed by atoms with Crippen molar-refractivity contribution >= 4 is 11.5 Å². The molecule has 0 radical (unpaired) electrons. The van der Waals surface area contributed by atoms with Gasteiger partial charge in [0.1, 0.15) is 0 Å². The summed E-state index contributed by atoms with van der Waals surface area (Å²) in [5.41, 5.74) is 3.69. The molecule has 0 fully saturated rings. The molecule has 74 valence electrons. The van der Waals surface area contributed by atoms with Crippen molar-refractivity contribution in [1.82, 2.24) is 5.48 Å². The van der Waals surface area contributed by atoms with E-state index in [1.807, 2.05) is 37.3 Å². The van der Waals surface area contributed by atoms with Crippen LogP contribution in [0.5, 0.6) is 0 Å². The summed E-state index contributed by atoms with van der Waals surface area (Å²) in [4.78, 5) is 10.7. The van der Waals surface area contributed by atoms with Gasteiger partial charge in [-0.25, -0.2) is 5.48 Å². The number of carbonyl (C=O) groups is 1. The van der Waals surface area contributed by atoms with Crippen LogP contribution in [0.4, 0.5) is 0 Å². The smallest absolute Gasteiger partial charge is 0.247 e. The van der Waals surface area contributed by atoms with Gasteiger partial charge in [0, 0.05) is 6.42 Å². The Balaban J connectivity index is 2.66. The lowest BCUT2D eigenvalue weighted by Crippen LogP contribution is -2.16. The van der Waals surface area contributed by atoms with Gasteiger partial charge in [0.2, 0.25) is 5.91 Å². The largest absolute Gasteiger partial charge is 0.289 e. The van der Waals surface area contributed by atoms with E-state index < -0.39 is 5.91 Å². The molecule has 14 heavy (non-hydrogen) atoms. The molecule has 1 amide bonds. The summed E-state index contributed by atoms with van der Waals surface area (Å²) in [5.74, 6) is -0.403. The van der Waals surface area contributed by atoms with Crippen molar-refractivity contribution in [3.8, 4) is 0 Å². The predicted molar refractivity (Wildman–Crippen MR) is 54.6 cm³/mol. The first kappa shape index (κ1) is 10.5. The molecule has 0 atom stereocenters. The Morgan fingerprint density at radius 3 is 2.64 bits per heavy atom. The third-order valence-electron chi connectivity index (χ3n) is 1.95. The third kappa shape index (κ3) is 3.03. The van der Waals surface area contributed by atoms with Crippen LogP contribution in [0.1, 0.15) is 18.9 Å². The summed E-state index contributed by atoms with van der Waals surface area (Å²) in [5, 5.41) is 8.29. The lowest BCUT2D eigenvalue weighted by atomic mass is 10.1. The van der Waals surface area contributed by atoms with Crippen LogP contribution < -0.4 is 5.48 Å². The Bertz CT molecular complexity index is 330. The van der Waals surface area contributed by atoms with Crippen molar-refractivity contribution < 1.29 is 10.0 Å². The lowest BCUT2D eigenvalue weighted by molar-refractivity contribution is -0.128. The average molecular weight is 191 g/mol. The summed E-state index contributed by atoms with van der Waals surface area (Å²) in [7, 11) is 0. The maximum atomic E-state index is 10.7. The first-order chi connectivity index (χ1) is 6.74. The minimum absolute atomic E-state index is 0.192. The van der Waals surface area contributed by atoms with Gasteiger partial charge < -0.3 is 0 Å². The van der Waals surface area contributed by atoms with Gasteiger partial charge in [0.15, 0.2) is 0 Å². The van der Waals surface area contributed by atoms with Gasteiger partial charge in [-0.05, 0) is 18.1 Å². The molecule has 0 aliphatic rings. The van der Waals surface area contributed by atoms with E-state index in [9.17, 15) is 4.79 Å². The molecular formula is C11H13NO2.